The van der Waals surface area contributed by atoms with E-state index in [1.54, 1.807) is 7.05 Å². The van der Waals surface area contributed by atoms with Crippen LogP contribution in [-0.4, -0.2) is 69.9 Å². The van der Waals surface area contributed by atoms with Gasteiger partial charge >= 0.3 is 6.03 Å². The minimum absolute atomic E-state index is 0.0246. The summed E-state index contributed by atoms with van der Waals surface area (Å²) in [5.74, 6) is -0.635. The molecule has 0 spiro atoms. The third-order valence-electron chi connectivity index (χ3n) is 3.55. The Morgan fingerprint density at radius 1 is 1.45 bits per heavy atom. The van der Waals surface area contributed by atoms with Crippen LogP contribution in [0.2, 0.25) is 0 Å². The number of rotatable bonds is 6. The number of aromatic nitrogens is 2. The van der Waals surface area contributed by atoms with Crippen LogP contribution in [0.5, 0.6) is 0 Å². The van der Waals surface area contributed by atoms with Crippen LogP contribution in [0.3, 0.4) is 0 Å². The summed E-state index contributed by atoms with van der Waals surface area (Å²) in [5, 5.41) is 7.06. The van der Waals surface area contributed by atoms with Crippen LogP contribution in [0.4, 0.5) is 4.79 Å². The molecule has 0 aliphatic carbocycles. The summed E-state index contributed by atoms with van der Waals surface area (Å²) in [5.41, 5.74) is 1.79. The Labute approximate surface area is 129 Å². The van der Waals surface area contributed by atoms with Crippen LogP contribution < -0.4 is 0 Å². The zero-order chi connectivity index (χ0) is 16.3. The Kier molecular flexibility index (Phi) is 4.79. The fourth-order valence-corrected chi connectivity index (χ4v) is 2.30. The number of amides is 4. The van der Waals surface area contributed by atoms with Crippen molar-refractivity contribution in [1.82, 2.24) is 24.9 Å². The van der Waals surface area contributed by atoms with Crippen molar-refractivity contribution in [2.75, 3.05) is 27.2 Å². The first-order valence-corrected chi connectivity index (χ1v) is 7.25. The fraction of sp³-hybridized carbons (Fsp3) is 0.571. The van der Waals surface area contributed by atoms with Crippen molar-refractivity contribution in [2.45, 2.75) is 26.3 Å². The van der Waals surface area contributed by atoms with Gasteiger partial charge in [0.1, 0.15) is 13.1 Å². The van der Waals surface area contributed by atoms with Crippen LogP contribution in [0.25, 0.3) is 0 Å². The molecule has 1 aromatic rings. The van der Waals surface area contributed by atoms with Crippen LogP contribution in [-0.2, 0) is 22.6 Å². The van der Waals surface area contributed by atoms with Crippen LogP contribution in [0.15, 0.2) is 6.07 Å². The lowest BCUT2D eigenvalue weighted by Gasteiger charge is -2.19. The molecule has 1 aromatic heterocycles. The maximum atomic E-state index is 12.2. The van der Waals surface area contributed by atoms with E-state index in [2.05, 4.69) is 17.1 Å². The highest BCUT2D eigenvalue weighted by molar-refractivity contribution is 6.04. The van der Waals surface area contributed by atoms with Gasteiger partial charge in [-0.1, -0.05) is 13.3 Å². The van der Waals surface area contributed by atoms with Crippen LogP contribution in [0, 0.1) is 0 Å². The largest absolute Gasteiger partial charge is 0.338 e. The molecule has 0 saturated carbocycles. The lowest BCUT2D eigenvalue weighted by atomic mass is 10.2. The van der Waals surface area contributed by atoms with E-state index < -0.39 is 6.03 Å². The standard InChI is InChI=1S/C14H21N5O3/c1-4-5-10-6-11(16-15-10)7-17(2)12(20)9-19-13(21)8-18(3)14(19)22/h6H,4-5,7-9H2,1-3H3,(H,15,16). The summed E-state index contributed by atoms with van der Waals surface area (Å²) >= 11 is 0. The second-order valence-electron chi connectivity index (χ2n) is 5.50. The average molecular weight is 307 g/mol. The zero-order valence-corrected chi connectivity index (χ0v) is 13.1. The Bertz CT molecular complexity index is 583. The molecule has 1 fully saturated rings. The van der Waals surface area contributed by atoms with Crippen molar-refractivity contribution in [3.05, 3.63) is 17.5 Å². The number of hydrogen-bond acceptors (Lipinski definition) is 4. The summed E-state index contributed by atoms with van der Waals surface area (Å²) < 4.78 is 0. The highest BCUT2D eigenvalue weighted by atomic mass is 16.2. The predicted octanol–water partition coefficient (Wildman–Crippen LogP) is 0.215. The second-order valence-corrected chi connectivity index (χ2v) is 5.50. The van der Waals surface area contributed by atoms with E-state index in [9.17, 15) is 14.4 Å². The molecule has 2 rings (SSSR count). The Morgan fingerprint density at radius 2 is 2.18 bits per heavy atom. The van der Waals surface area contributed by atoms with E-state index in [0.29, 0.717) is 6.54 Å². The van der Waals surface area contributed by atoms with E-state index in [1.807, 2.05) is 6.07 Å². The van der Waals surface area contributed by atoms with E-state index in [4.69, 9.17) is 0 Å². The minimum Gasteiger partial charge on any atom is -0.338 e. The quantitative estimate of drug-likeness (QED) is 0.761. The summed E-state index contributed by atoms with van der Waals surface area (Å²) in [6.45, 7) is 2.23. The van der Waals surface area contributed by atoms with Gasteiger partial charge in [0.05, 0.1) is 17.9 Å². The molecule has 0 bridgehead atoms. The van der Waals surface area contributed by atoms with Gasteiger partial charge < -0.3 is 9.80 Å². The number of H-pyrrole nitrogens is 1. The molecular formula is C14H21N5O3. The lowest BCUT2D eigenvalue weighted by Crippen LogP contribution is -2.41. The normalized spacial score (nSPS) is 14.9. The van der Waals surface area contributed by atoms with Crippen LogP contribution >= 0.6 is 0 Å². The summed E-state index contributed by atoms with van der Waals surface area (Å²) in [4.78, 5) is 39.3. The molecule has 0 unspecified atom stereocenters. The molecule has 120 valence electrons. The average Bonchev–Trinajstić information content (AvgIpc) is 2.99. The van der Waals surface area contributed by atoms with Crippen molar-refractivity contribution >= 4 is 17.8 Å². The fourth-order valence-electron chi connectivity index (χ4n) is 2.30. The molecule has 4 amide bonds. The lowest BCUT2D eigenvalue weighted by molar-refractivity contribution is -0.136. The molecule has 1 N–H and O–H groups in total. The number of hydrogen-bond donors (Lipinski definition) is 1. The van der Waals surface area contributed by atoms with E-state index >= 15 is 0 Å². The zero-order valence-electron chi connectivity index (χ0n) is 13.1. The maximum Gasteiger partial charge on any atom is 0.327 e. The molecule has 1 saturated heterocycles. The van der Waals surface area contributed by atoms with E-state index in [0.717, 1.165) is 29.1 Å². The van der Waals surface area contributed by atoms with E-state index in [1.165, 1.54) is 16.8 Å². The molecule has 22 heavy (non-hydrogen) atoms. The number of carbonyl (C=O) groups is 3. The van der Waals surface area contributed by atoms with E-state index in [-0.39, 0.29) is 24.9 Å². The molecule has 0 radical (unpaired) electrons. The van der Waals surface area contributed by atoms with Gasteiger partial charge in [-0.25, -0.2) is 4.79 Å². The molecule has 1 aliphatic rings. The summed E-state index contributed by atoms with van der Waals surface area (Å²) in [6.07, 6.45) is 1.89. The SMILES string of the molecule is CCCc1cc(CN(C)C(=O)CN2C(=O)CN(C)C2=O)[nH]n1. The predicted molar refractivity (Wildman–Crippen MR) is 78.8 cm³/mol. The monoisotopic (exact) mass is 307 g/mol. The van der Waals surface area contributed by atoms with Gasteiger partial charge in [-0.2, -0.15) is 5.10 Å². The van der Waals surface area contributed by atoms with Gasteiger partial charge in [0.2, 0.25) is 5.91 Å². The van der Waals surface area contributed by atoms with Gasteiger partial charge in [0.25, 0.3) is 5.91 Å². The Hall–Kier alpha value is -2.38. The number of nitrogens with zero attached hydrogens (tertiary/aromatic N) is 4. The van der Waals surface area contributed by atoms with Gasteiger partial charge in [-0.05, 0) is 12.5 Å². The van der Waals surface area contributed by atoms with Crippen molar-refractivity contribution in [2.24, 2.45) is 0 Å². The molecule has 8 nitrogen and oxygen atoms in total. The first-order chi connectivity index (χ1) is 10.4. The minimum atomic E-state index is -0.432. The number of urea groups is 1. The summed E-state index contributed by atoms with van der Waals surface area (Å²) in [7, 11) is 3.17. The van der Waals surface area contributed by atoms with Gasteiger partial charge in [0, 0.05) is 14.1 Å². The topological polar surface area (TPSA) is 89.6 Å². The molecule has 0 atom stereocenters. The van der Waals surface area contributed by atoms with Gasteiger partial charge in [0.15, 0.2) is 0 Å². The maximum absolute atomic E-state index is 12.2. The number of carbonyl (C=O) groups excluding carboxylic acids is 3. The summed E-state index contributed by atoms with van der Waals surface area (Å²) in [6, 6.07) is 1.49. The smallest absolute Gasteiger partial charge is 0.327 e. The molecule has 8 heteroatoms. The second kappa shape index (κ2) is 6.59. The number of aryl methyl sites for hydroxylation is 1. The number of nitrogens with one attached hydrogen (secondary N) is 1. The van der Waals surface area contributed by atoms with Crippen LogP contribution in [0.1, 0.15) is 24.7 Å². The van der Waals surface area contributed by atoms with Crippen molar-refractivity contribution in [1.29, 1.82) is 0 Å². The van der Waals surface area contributed by atoms with Gasteiger partial charge in [-0.3, -0.25) is 19.6 Å². The first-order valence-electron chi connectivity index (χ1n) is 7.25. The Balaban J connectivity index is 1.91. The van der Waals surface area contributed by atoms with Crippen molar-refractivity contribution < 1.29 is 14.4 Å². The number of aromatic amines is 1. The van der Waals surface area contributed by atoms with Crippen molar-refractivity contribution in [3.63, 3.8) is 0 Å². The number of imide groups is 1. The molecule has 2 heterocycles. The number of likely N-dealkylation sites (N-methyl/N-ethyl adjacent to an activating group) is 2. The van der Waals surface area contributed by atoms with Crippen molar-refractivity contribution in [3.8, 4) is 0 Å². The highest BCUT2D eigenvalue weighted by Crippen LogP contribution is 2.09. The third-order valence-corrected chi connectivity index (χ3v) is 3.55. The Morgan fingerprint density at radius 3 is 2.77 bits per heavy atom. The molecule has 1 aliphatic heterocycles. The first kappa shape index (κ1) is 16.0. The van der Waals surface area contributed by atoms with Gasteiger partial charge in [-0.15, -0.1) is 0 Å². The molecule has 0 aromatic carbocycles. The highest BCUT2D eigenvalue weighted by Gasteiger charge is 2.35. The third kappa shape index (κ3) is 3.44. The molecular weight excluding hydrogens is 286 g/mol.